The molecule has 4 heteroatoms. The van der Waals surface area contributed by atoms with E-state index in [1.165, 1.54) is 37.2 Å². The summed E-state index contributed by atoms with van der Waals surface area (Å²) >= 11 is 9.98. The summed E-state index contributed by atoms with van der Waals surface area (Å²) in [6, 6.07) is 6.94. The predicted octanol–water partition coefficient (Wildman–Crippen LogP) is 3.52. The minimum absolute atomic E-state index is 0.734. The van der Waals surface area contributed by atoms with Gasteiger partial charge >= 0.3 is 0 Å². The van der Waals surface area contributed by atoms with Gasteiger partial charge in [0.05, 0.1) is 10.7 Å². The lowest BCUT2D eigenvalue weighted by atomic mass is 10.1. The van der Waals surface area contributed by atoms with Gasteiger partial charge in [0.15, 0.2) is 0 Å². The van der Waals surface area contributed by atoms with Crippen LogP contribution in [0.5, 0.6) is 0 Å². The number of piperazine rings is 1. The van der Waals surface area contributed by atoms with E-state index >= 15 is 0 Å². The molecule has 2 nitrogen and oxygen atoms in total. The molecule has 1 aromatic carbocycles. The van der Waals surface area contributed by atoms with Crippen molar-refractivity contribution in [2.24, 2.45) is 0 Å². The summed E-state index contributed by atoms with van der Waals surface area (Å²) in [5.41, 5.74) is 2.54. The third-order valence-electron chi connectivity index (χ3n) is 4.12. The van der Waals surface area contributed by atoms with Gasteiger partial charge < -0.3 is 4.90 Å². The largest absolute Gasteiger partial charge is 0.367 e. The summed E-state index contributed by atoms with van der Waals surface area (Å²) in [5.74, 6) is 0. The number of rotatable bonds is 2. The molecule has 2 heterocycles. The molecule has 1 aromatic rings. The van der Waals surface area contributed by atoms with Crippen molar-refractivity contribution in [3.63, 3.8) is 0 Å². The average Bonchev–Trinajstić information content (AvgIpc) is 2.85. The number of hydrogen-bond acceptors (Lipinski definition) is 2. The third-order valence-corrected chi connectivity index (χ3v) is 5.03. The lowest BCUT2D eigenvalue weighted by Gasteiger charge is -2.39. The quantitative estimate of drug-likeness (QED) is 0.766. The molecule has 1 atom stereocenters. The zero-order chi connectivity index (χ0) is 12.5. The van der Waals surface area contributed by atoms with Crippen molar-refractivity contribution in [2.45, 2.75) is 24.2 Å². The maximum atomic E-state index is 6.41. The van der Waals surface area contributed by atoms with Gasteiger partial charge in [0.25, 0.3) is 0 Å². The van der Waals surface area contributed by atoms with Gasteiger partial charge in [-0.15, -0.1) is 0 Å². The molecule has 3 rings (SSSR count). The van der Waals surface area contributed by atoms with E-state index in [2.05, 4.69) is 31.8 Å². The first-order valence-electron chi connectivity index (χ1n) is 6.62. The molecule has 2 aliphatic rings. The number of anilines is 1. The average molecular weight is 330 g/mol. The van der Waals surface area contributed by atoms with Crippen LogP contribution in [-0.2, 0) is 5.33 Å². The summed E-state index contributed by atoms with van der Waals surface area (Å²) in [4.78, 5) is 5.10. The van der Waals surface area contributed by atoms with E-state index in [0.717, 1.165) is 29.5 Å². The summed E-state index contributed by atoms with van der Waals surface area (Å²) < 4.78 is 0. The highest BCUT2D eigenvalue weighted by Crippen LogP contribution is 2.34. The lowest BCUT2D eigenvalue weighted by molar-refractivity contribution is 0.231. The minimum atomic E-state index is 0.734. The molecule has 0 aromatic heterocycles. The van der Waals surface area contributed by atoms with Crippen molar-refractivity contribution in [3.05, 3.63) is 28.8 Å². The Bertz CT molecular complexity index is 438. The Kier molecular flexibility index (Phi) is 3.83. The highest BCUT2D eigenvalue weighted by atomic mass is 79.9. The van der Waals surface area contributed by atoms with Crippen molar-refractivity contribution < 1.29 is 0 Å². The fraction of sp³-hybridized carbons (Fsp3) is 0.571. The zero-order valence-electron chi connectivity index (χ0n) is 10.4. The Morgan fingerprint density at radius 1 is 1.28 bits per heavy atom. The van der Waals surface area contributed by atoms with Crippen LogP contribution in [0.4, 0.5) is 5.69 Å². The molecule has 18 heavy (non-hydrogen) atoms. The fourth-order valence-corrected chi connectivity index (χ4v) is 3.98. The van der Waals surface area contributed by atoms with Crippen LogP contribution >= 0.6 is 27.5 Å². The Morgan fingerprint density at radius 3 is 3.00 bits per heavy atom. The van der Waals surface area contributed by atoms with E-state index in [-0.39, 0.29) is 0 Å². The number of alkyl halides is 1. The van der Waals surface area contributed by atoms with Gasteiger partial charge in [0.2, 0.25) is 0 Å². The number of benzene rings is 1. The number of para-hydroxylation sites is 1. The van der Waals surface area contributed by atoms with Crippen LogP contribution in [-0.4, -0.2) is 37.1 Å². The lowest BCUT2D eigenvalue weighted by Crippen LogP contribution is -2.50. The van der Waals surface area contributed by atoms with E-state index in [4.69, 9.17) is 11.6 Å². The predicted molar refractivity (Wildman–Crippen MR) is 80.9 cm³/mol. The van der Waals surface area contributed by atoms with Crippen LogP contribution in [0.1, 0.15) is 18.4 Å². The molecular formula is C14H18BrClN2. The van der Waals surface area contributed by atoms with Crippen LogP contribution in [0.2, 0.25) is 5.02 Å². The molecule has 0 aliphatic carbocycles. The van der Waals surface area contributed by atoms with Gasteiger partial charge in [-0.25, -0.2) is 0 Å². The first-order valence-corrected chi connectivity index (χ1v) is 8.12. The molecule has 1 unspecified atom stereocenters. The second-order valence-corrected chi connectivity index (χ2v) is 6.13. The van der Waals surface area contributed by atoms with E-state index in [1.54, 1.807) is 0 Å². The van der Waals surface area contributed by atoms with Gasteiger partial charge in [-0.05, 0) is 31.0 Å². The Hall–Kier alpha value is -0.250. The normalized spacial score (nSPS) is 24.3. The van der Waals surface area contributed by atoms with Crippen LogP contribution in [0.15, 0.2) is 18.2 Å². The molecule has 0 spiro atoms. The second kappa shape index (κ2) is 5.40. The summed E-state index contributed by atoms with van der Waals surface area (Å²) in [5, 5.41) is 1.76. The van der Waals surface area contributed by atoms with Crippen LogP contribution in [0.3, 0.4) is 0 Å². The smallest absolute Gasteiger partial charge is 0.0642 e. The molecule has 2 saturated heterocycles. The molecule has 98 valence electrons. The minimum Gasteiger partial charge on any atom is -0.367 e. The van der Waals surface area contributed by atoms with E-state index < -0.39 is 0 Å². The molecule has 0 radical (unpaired) electrons. The van der Waals surface area contributed by atoms with Crippen molar-refractivity contribution in [2.75, 3.05) is 31.1 Å². The summed E-state index contributed by atoms with van der Waals surface area (Å²) in [6.07, 6.45) is 2.69. The molecule has 0 amide bonds. The third kappa shape index (κ3) is 2.28. The number of hydrogen-bond donors (Lipinski definition) is 0. The molecular weight excluding hydrogens is 312 g/mol. The van der Waals surface area contributed by atoms with Gasteiger partial charge in [0.1, 0.15) is 0 Å². The summed E-state index contributed by atoms with van der Waals surface area (Å²) in [7, 11) is 0. The Morgan fingerprint density at radius 2 is 2.17 bits per heavy atom. The van der Waals surface area contributed by atoms with Gasteiger partial charge in [-0.2, -0.15) is 0 Å². The van der Waals surface area contributed by atoms with Crippen molar-refractivity contribution in [1.82, 2.24) is 4.90 Å². The standard InChI is InChI=1S/C14H18BrClN2/c15-9-11-3-1-5-13(16)14(11)18-8-7-17-6-2-4-12(17)10-18/h1,3,5,12H,2,4,6-10H2. The number of fused-ring (bicyclic) bond motifs is 1. The van der Waals surface area contributed by atoms with Gasteiger partial charge in [-0.3, -0.25) is 4.90 Å². The van der Waals surface area contributed by atoms with Crippen molar-refractivity contribution >= 4 is 33.2 Å². The molecule has 0 bridgehead atoms. The van der Waals surface area contributed by atoms with Crippen molar-refractivity contribution in [3.8, 4) is 0 Å². The van der Waals surface area contributed by atoms with Crippen LogP contribution in [0, 0.1) is 0 Å². The molecule has 0 saturated carbocycles. The molecule has 0 N–H and O–H groups in total. The maximum absolute atomic E-state index is 6.41. The fourth-order valence-electron chi connectivity index (χ4n) is 3.22. The second-order valence-electron chi connectivity index (χ2n) is 5.16. The Labute approximate surface area is 122 Å². The Balaban J connectivity index is 1.86. The van der Waals surface area contributed by atoms with Crippen molar-refractivity contribution in [1.29, 1.82) is 0 Å². The van der Waals surface area contributed by atoms with Gasteiger partial charge in [-0.1, -0.05) is 39.7 Å². The molecule has 2 fully saturated rings. The number of nitrogens with zero attached hydrogens (tertiary/aromatic N) is 2. The SMILES string of the molecule is Clc1cccc(CBr)c1N1CCN2CCCC2C1. The first-order chi connectivity index (χ1) is 8.79. The van der Waals surface area contributed by atoms with E-state index in [9.17, 15) is 0 Å². The van der Waals surface area contributed by atoms with Gasteiger partial charge in [0, 0.05) is 31.0 Å². The monoisotopic (exact) mass is 328 g/mol. The van der Waals surface area contributed by atoms with Crippen LogP contribution in [0.25, 0.3) is 0 Å². The maximum Gasteiger partial charge on any atom is 0.0642 e. The van der Waals surface area contributed by atoms with E-state index in [0.29, 0.717) is 0 Å². The topological polar surface area (TPSA) is 6.48 Å². The zero-order valence-corrected chi connectivity index (χ0v) is 12.8. The highest BCUT2D eigenvalue weighted by Gasteiger charge is 2.31. The summed E-state index contributed by atoms with van der Waals surface area (Å²) in [6.45, 7) is 4.69. The number of halogens is 2. The molecule has 2 aliphatic heterocycles. The van der Waals surface area contributed by atoms with Crippen LogP contribution < -0.4 is 4.90 Å². The highest BCUT2D eigenvalue weighted by molar-refractivity contribution is 9.08. The van der Waals surface area contributed by atoms with E-state index in [1.807, 2.05) is 12.1 Å². The first kappa shape index (κ1) is 12.8.